The van der Waals surface area contributed by atoms with Crippen molar-refractivity contribution in [2.45, 2.75) is 12.8 Å². The monoisotopic (exact) mass is 348 g/mol. The molecular formula is C16H13BrO4. The molecule has 0 radical (unpaired) electrons. The third-order valence-electron chi connectivity index (χ3n) is 3.16. The van der Waals surface area contributed by atoms with Crippen molar-refractivity contribution in [3.05, 3.63) is 69.2 Å². The smallest absolute Gasteiger partial charge is 0.335 e. The third-order valence-corrected chi connectivity index (χ3v) is 3.65. The predicted octanol–water partition coefficient (Wildman–Crippen LogP) is 3.63. The third kappa shape index (κ3) is 3.92. The Morgan fingerprint density at radius 2 is 1.71 bits per heavy atom. The molecule has 5 heteroatoms. The first-order valence-corrected chi connectivity index (χ1v) is 7.10. The van der Waals surface area contributed by atoms with E-state index in [1.54, 1.807) is 6.07 Å². The van der Waals surface area contributed by atoms with Crippen LogP contribution in [0.15, 0.2) is 46.9 Å². The van der Waals surface area contributed by atoms with Crippen molar-refractivity contribution in [1.82, 2.24) is 0 Å². The maximum absolute atomic E-state index is 11.3. The van der Waals surface area contributed by atoms with Gasteiger partial charge in [-0.15, -0.1) is 0 Å². The van der Waals surface area contributed by atoms with Gasteiger partial charge in [0.25, 0.3) is 0 Å². The van der Waals surface area contributed by atoms with Gasteiger partial charge < -0.3 is 10.2 Å². The molecule has 21 heavy (non-hydrogen) atoms. The molecule has 2 aromatic rings. The highest BCUT2D eigenvalue weighted by molar-refractivity contribution is 9.10. The lowest BCUT2D eigenvalue weighted by atomic mass is 9.98. The molecule has 2 aromatic carbocycles. The van der Waals surface area contributed by atoms with Gasteiger partial charge in [0, 0.05) is 4.47 Å². The van der Waals surface area contributed by atoms with E-state index in [4.69, 9.17) is 5.11 Å². The maximum Gasteiger partial charge on any atom is 0.335 e. The van der Waals surface area contributed by atoms with E-state index in [1.165, 1.54) is 12.1 Å². The minimum Gasteiger partial charge on any atom is -0.478 e. The molecule has 0 aliphatic heterocycles. The van der Waals surface area contributed by atoms with Gasteiger partial charge in [0.05, 0.1) is 11.1 Å². The molecule has 0 fully saturated rings. The van der Waals surface area contributed by atoms with Gasteiger partial charge in [0.15, 0.2) is 0 Å². The fraction of sp³-hybridized carbons (Fsp3) is 0.125. The summed E-state index contributed by atoms with van der Waals surface area (Å²) < 4.78 is 0.972. The lowest BCUT2D eigenvalue weighted by Gasteiger charge is -2.08. The second-order valence-electron chi connectivity index (χ2n) is 4.61. The van der Waals surface area contributed by atoms with E-state index < -0.39 is 11.9 Å². The van der Waals surface area contributed by atoms with Crippen LogP contribution in [0.25, 0.3) is 0 Å². The summed E-state index contributed by atoms with van der Waals surface area (Å²) in [4.78, 5) is 22.2. The molecule has 0 aliphatic rings. The van der Waals surface area contributed by atoms with Gasteiger partial charge in [-0.25, -0.2) is 9.59 Å². The molecule has 4 nitrogen and oxygen atoms in total. The molecule has 0 spiro atoms. The summed E-state index contributed by atoms with van der Waals surface area (Å²) in [6.07, 6.45) is 1.23. The Hall–Kier alpha value is -2.14. The zero-order valence-electron chi connectivity index (χ0n) is 11.0. The van der Waals surface area contributed by atoms with Crippen LogP contribution in [-0.2, 0) is 12.8 Å². The largest absolute Gasteiger partial charge is 0.478 e. The number of benzene rings is 2. The van der Waals surface area contributed by atoms with Crippen molar-refractivity contribution in [2.24, 2.45) is 0 Å². The zero-order valence-corrected chi connectivity index (χ0v) is 12.6. The van der Waals surface area contributed by atoms with Crippen molar-refractivity contribution in [2.75, 3.05) is 0 Å². The van der Waals surface area contributed by atoms with Crippen LogP contribution in [0.2, 0.25) is 0 Å². The molecule has 108 valence electrons. The molecule has 2 N–H and O–H groups in total. The minimum absolute atomic E-state index is 0.0152. The van der Waals surface area contributed by atoms with E-state index in [9.17, 15) is 14.7 Å². The normalized spacial score (nSPS) is 10.3. The fourth-order valence-corrected chi connectivity index (χ4v) is 2.54. The maximum atomic E-state index is 11.3. The van der Waals surface area contributed by atoms with Crippen LogP contribution in [0.4, 0.5) is 0 Å². The summed E-state index contributed by atoms with van der Waals surface area (Å²) >= 11 is 3.39. The average Bonchev–Trinajstić information content (AvgIpc) is 2.44. The van der Waals surface area contributed by atoms with Crippen LogP contribution in [-0.4, -0.2) is 22.2 Å². The standard InChI is InChI=1S/C16H13BrO4/c17-13-3-1-2-10(8-13)4-5-11-6-7-12(15(18)19)9-14(11)16(20)21/h1-3,6-9H,4-5H2,(H,18,19)(H,20,21). The summed E-state index contributed by atoms with van der Waals surface area (Å²) in [5.74, 6) is -2.24. The topological polar surface area (TPSA) is 74.6 Å². The van der Waals surface area contributed by atoms with Crippen LogP contribution in [0.5, 0.6) is 0 Å². The number of aromatic carboxylic acids is 2. The Bertz CT molecular complexity index is 694. The van der Waals surface area contributed by atoms with E-state index in [0.717, 1.165) is 10.0 Å². The van der Waals surface area contributed by atoms with Crippen molar-refractivity contribution in [1.29, 1.82) is 0 Å². The second-order valence-corrected chi connectivity index (χ2v) is 5.53. The Morgan fingerprint density at radius 1 is 0.952 bits per heavy atom. The number of hydrogen-bond donors (Lipinski definition) is 2. The Morgan fingerprint density at radius 3 is 2.33 bits per heavy atom. The summed E-state index contributed by atoms with van der Waals surface area (Å²) in [6, 6.07) is 12.0. The molecule has 0 aliphatic carbocycles. The fourth-order valence-electron chi connectivity index (χ4n) is 2.10. The molecule has 0 aromatic heterocycles. The van der Waals surface area contributed by atoms with Gasteiger partial charge in [-0.05, 0) is 48.2 Å². The van der Waals surface area contributed by atoms with Gasteiger partial charge in [0.2, 0.25) is 0 Å². The molecule has 0 heterocycles. The lowest BCUT2D eigenvalue weighted by molar-refractivity contribution is 0.0695. The molecule has 0 bridgehead atoms. The summed E-state index contributed by atoms with van der Waals surface area (Å²) in [7, 11) is 0. The number of carboxylic acids is 2. The SMILES string of the molecule is O=C(O)c1ccc(CCc2cccc(Br)c2)c(C(=O)O)c1. The molecule has 0 saturated heterocycles. The van der Waals surface area contributed by atoms with E-state index in [-0.39, 0.29) is 11.1 Å². The molecule has 2 rings (SSSR count). The number of aryl methyl sites for hydroxylation is 2. The minimum atomic E-state index is -1.13. The number of hydrogen-bond acceptors (Lipinski definition) is 2. The van der Waals surface area contributed by atoms with Gasteiger partial charge >= 0.3 is 11.9 Å². The second kappa shape index (κ2) is 6.54. The van der Waals surface area contributed by atoms with E-state index in [2.05, 4.69) is 15.9 Å². The van der Waals surface area contributed by atoms with E-state index in [1.807, 2.05) is 24.3 Å². The average molecular weight is 349 g/mol. The Kier molecular flexibility index (Phi) is 4.75. The summed E-state index contributed by atoms with van der Waals surface area (Å²) in [6.45, 7) is 0. The van der Waals surface area contributed by atoms with Crippen LogP contribution < -0.4 is 0 Å². The van der Waals surface area contributed by atoms with Gasteiger partial charge in [0.1, 0.15) is 0 Å². The van der Waals surface area contributed by atoms with Crippen molar-refractivity contribution in [3.8, 4) is 0 Å². The molecule has 0 unspecified atom stereocenters. The summed E-state index contributed by atoms with van der Waals surface area (Å²) in [5, 5.41) is 18.1. The van der Waals surface area contributed by atoms with Crippen LogP contribution in [0.3, 0.4) is 0 Å². The number of carbonyl (C=O) groups is 2. The highest BCUT2D eigenvalue weighted by Crippen LogP contribution is 2.17. The zero-order chi connectivity index (χ0) is 15.4. The van der Waals surface area contributed by atoms with Gasteiger partial charge in [-0.3, -0.25) is 0 Å². The summed E-state index contributed by atoms with van der Waals surface area (Å²) in [5.41, 5.74) is 1.75. The van der Waals surface area contributed by atoms with Crippen molar-refractivity contribution in [3.63, 3.8) is 0 Å². The van der Waals surface area contributed by atoms with E-state index in [0.29, 0.717) is 18.4 Å². The van der Waals surface area contributed by atoms with Gasteiger partial charge in [-0.2, -0.15) is 0 Å². The molecule has 0 atom stereocenters. The van der Waals surface area contributed by atoms with Gasteiger partial charge in [-0.1, -0.05) is 34.1 Å². The Labute approximate surface area is 130 Å². The number of carboxylic acid groups (broad SMARTS) is 2. The molecule has 0 amide bonds. The quantitative estimate of drug-likeness (QED) is 0.864. The first-order chi connectivity index (χ1) is 9.97. The highest BCUT2D eigenvalue weighted by atomic mass is 79.9. The number of rotatable bonds is 5. The predicted molar refractivity (Wildman–Crippen MR) is 81.9 cm³/mol. The molecule has 0 saturated carbocycles. The highest BCUT2D eigenvalue weighted by Gasteiger charge is 2.13. The van der Waals surface area contributed by atoms with E-state index >= 15 is 0 Å². The van der Waals surface area contributed by atoms with Crippen LogP contribution in [0, 0.1) is 0 Å². The first-order valence-electron chi connectivity index (χ1n) is 6.31. The Balaban J connectivity index is 2.23. The van der Waals surface area contributed by atoms with Crippen LogP contribution >= 0.6 is 15.9 Å². The first kappa shape index (κ1) is 15.3. The van der Waals surface area contributed by atoms with Crippen molar-refractivity contribution >= 4 is 27.9 Å². The lowest BCUT2D eigenvalue weighted by Crippen LogP contribution is -2.07. The van der Waals surface area contributed by atoms with Crippen molar-refractivity contribution < 1.29 is 19.8 Å². The van der Waals surface area contributed by atoms with Crippen LogP contribution in [0.1, 0.15) is 31.8 Å². The molecular weight excluding hydrogens is 336 g/mol. The number of halogens is 1.